The molecule has 0 fully saturated rings. The van der Waals surface area contributed by atoms with Crippen molar-refractivity contribution in [3.8, 4) is 6.01 Å². The number of nitrogens with one attached hydrogen (secondary N) is 1. The number of imidazole rings is 1. The average molecular weight is 140 g/mol. The Morgan fingerprint density at radius 1 is 1.60 bits per heavy atom. The van der Waals surface area contributed by atoms with E-state index >= 15 is 0 Å². The first-order valence-corrected chi connectivity index (χ1v) is 3.37. The number of nitrogens with zero attached hydrogens (tertiary/aromatic N) is 1. The molecule has 0 aliphatic rings. The van der Waals surface area contributed by atoms with E-state index in [0.717, 1.165) is 17.8 Å². The Morgan fingerprint density at radius 3 is 2.60 bits per heavy atom. The summed E-state index contributed by atoms with van der Waals surface area (Å²) in [5, 5.41) is 0. The van der Waals surface area contributed by atoms with E-state index in [9.17, 15) is 0 Å². The van der Waals surface area contributed by atoms with E-state index < -0.39 is 0 Å². The molecule has 0 aliphatic heterocycles. The summed E-state index contributed by atoms with van der Waals surface area (Å²) in [5.41, 5.74) is 2.18. The second-order valence-corrected chi connectivity index (χ2v) is 2.17. The standard InChI is InChI=1S/C7H12N2O/c1-4-6-5(2)8-7(9-6)10-3/h4H2,1-3H3,(H,8,9). The van der Waals surface area contributed by atoms with Gasteiger partial charge in [-0.25, -0.2) is 4.98 Å². The molecular weight excluding hydrogens is 128 g/mol. The highest BCUT2D eigenvalue weighted by molar-refractivity contribution is 5.15. The van der Waals surface area contributed by atoms with Gasteiger partial charge in [0.25, 0.3) is 6.01 Å². The molecule has 0 saturated carbocycles. The lowest BCUT2D eigenvalue weighted by molar-refractivity contribution is 0.383. The molecule has 56 valence electrons. The summed E-state index contributed by atoms with van der Waals surface area (Å²) in [5.74, 6) is 0. The lowest BCUT2D eigenvalue weighted by atomic mass is 10.3. The molecule has 1 aromatic rings. The molecule has 1 heterocycles. The van der Waals surface area contributed by atoms with Crippen LogP contribution in [0, 0.1) is 6.92 Å². The number of rotatable bonds is 2. The summed E-state index contributed by atoms with van der Waals surface area (Å²) in [6.45, 7) is 4.07. The number of H-pyrrole nitrogens is 1. The Kier molecular flexibility index (Phi) is 1.94. The number of aromatic amines is 1. The van der Waals surface area contributed by atoms with Gasteiger partial charge >= 0.3 is 0 Å². The number of ether oxygens (including phenoxy) is 1. The van der Waals surface area contributed by atoms with Gasteiger partial charge in [-0.15, -0.1) is 0 Å². The molecule has 1 aromatic heterocycles. The van der Waals surface area contributed by atoms with Gasteiger partial charge in [0.1, 0.15) is 0 Å². The van der Waals surface area contributed by atoms with Gasteiger partial charge in [0.15, 0.2) is 0 Å². The van der Waals surface area contributed by atoms with Crippen LogP contribution in [0.4, 0.5) is 0 Å². The monoisotopic (exact) mass is 140 g/mol. The summed E-state index contributed by atoms with van der Waals surface area (Å²) < 4.78 is 4.91. The van der Waals surface area contributed by atoms with Crippen LogP contribution in [0.3, 0.4) is 0 Å². The molecule has 0 aliphatic carbocycles. The van der Waals surface area contributed by atoms with Crippen molar-refractivity contribution in [3.63, 3.8) is 0 Å². The number of aromatic nitrogens is 2. The number of aryl methyl sites for hydroxylation is 2. The maximum atomic E-state index is 4.91. The molecular formula is C7H12N2O. The van der Waals surface area contributed by atoms with E-state index in [-0.39, 0.29) is 0 Å². The normalized spacial score (nSPS) is 9.90. The van der Waals surface area contributed by atoms with Crippen molar-refractivity contribution >= 4 is 0 Å². The van der Waals surface area contributed by atoms with E-state index in [1.807, 2.05) is 6.92 Å². The molecule has 3 heteroatoms. The predicted octanol–water partition coefficient (Wildman–Crippen LogP) is 1.29. The zero-order chi connectivity index (χ0) is 7.56. The molecule has 0 amide bonds. The zero-order valence-corrected chi connectivity index (χ0v) is 6.56. The van der Waals surface area contributed by atoms with Crippen molar-refractivity contribution in [2.45, 2.75) is 20.3 Å². The van der Waals surface area contributed by atoms with Gasteiger partial charge in [-0.05, 0) is 13.3 Å². The number of hydrogen-bond donors (Lipinski definition) is 1. The van der Waals surface area contributed by atoms with Crippen molar-refractivity contribution in [3.05, 3.63) is 11.4 Å². The molecule has 3 nitrogen and oxygen atoms in total. The third-order valence-corrected chi connectivity index (χ3v) is 1.49. The van der Waals surface area contributed by atoms with E-state index in [2.05, 4.69) is 16.9 Å². The first kappa shape index (κ1) is 7.12. The highest BCUT2D eigenvalue weighted by Gasteiger charge is 2.02. The smallest absolute Gasteiger partial charge is 0.293 e. The lowest BCUT2D eigenvalue weighted by Crippen LogP contribution is -1.84. The van der Waals surface area contributed by atoms with Crippen LogP contribution in [0.15, 0.2) is 0 Å². The molecule has 10 heavy (non-hydrogen) atoms. The number of hydrogen-bond acceptors (Lipinski definition) is 2. The summed E-state index contributed by atoms with van der Waals surface area (Å²) in [7, 11) is 1.61. The van der Waals surface area contributed by atoms with Crippen molar-refractivity contribution in [2.75, 3.05) is 7.11 Å². The van der Waals surface area contributed by atoms with E-state index in [1.54, 1.807) is 7.11 Å². The van der Waals surface area contributed by atoms with Gasteiger partial charge in [-0.3, -0.25) is 0 Å². The Bertz CT molecular complexity index is 217. The molecule has 0 unspecified atom stereocenters. The maximum absolute atomic E-state index is 4.91. The SMILES string of the molecule is CCc1nc(OC)[nH]c1C. The van der Waals surface area contributed by atoms with Crippen LogP contribution in [0.25, 0.3) is 0 Å². The third-order valence-electron chi connectivity index (χ3n) is 1.49. The molecule has 0 saturated heterocycles. The molecule has 0 bridgehead atoms. The van der Waals surface area contributed by atoms with Gasteiger partial charge < -0.3 is 9.72 Å². The highest BCUT2D eigenvalue weighted by atomic mass is 16.5. The van der Waals surface area contributed by atoms with Gasteiger partial charge in [0.05, 0.1) is 12.8 Å². The molecule has 1 N–H and O–H groups in total. The Labute approximate surface area is 60.4 Å². The Morgan fingerprint density at radius 2 is 2.30 bits per heavy atom. The largest absolute Gasteiger partial charge is 0.468 e. The summed E-state index contributed by atoms with van der Waals surface area (Å²) in [4.78, 5) is 7.18. The zero-order valence-electron chi connectivity index (χ0n) is 6.56. The van der Waals surface area contributed by atoms with Crippen LogP contribution in [0.2, 0.25) is 0 Å². The molecule has 1 rings (SSSR count). The van der Waals surface area contributed by atoms with Crippen molar-refractivity contribution < 1.29 is 4.74 Å². The lowest BCUT2D eigenvalue weighted by Gasteiger charge is -1.87. The minimum absolute atomic E-state index is 0.606. The first-order chi connectivity index (χ1) is 4.77. The molecule has 0 spiro atoms. The van der Waals surface area contributed by atoms with Crippen LogP contribution in [-0.2, 0) is 6.42 Å². The van der Waals surface area contributed by atoms with Gasteiger partial charge in [-0.2, -0.15) is 0 Å². The van der Waals surface area contributed by atoms with E-state index in [0.29, 0.717) is 6.01 Å². The fraction of sp³-hybridized carbons (Fsp3) is 0.571. The van der Waals surface area contributed by atoms with E-state index in [4.69, 9.17) is 4.74 Å². The van der Waals surface area contributed by atoms with E-state index in [1.165, 1.54) is 0 Å². The van der Waals surface area contributed by atoms with Crippen LogP contribution in [0.1, 0.15) is 18.3 Å². The van der Waals surface area contributed by atoms with Crippen molar-refractivity contribution in [2.24, 2.45) is 0 Å². The summed E-state index contributed by atoms with van der Waals surface area (Å²) >= 11 is 0. The first-order valence-electron chi connectivity index (χ1n) is 3.37. The van der Waals surface area contributed by atoms with Crippen molar-refractivity contribution in [1.82, 2.24) is 9.97 Å². The quantitative estimate of drug-likeness (QED) is 0.672. The van der Waals surface area contributed by atoms with Crippen LogP contribution in [0.5, 0.6) is 6.01 Å². The van der Waals surface area contributed by atoms with Gasteiger partial charge in [-0.1, -0.05) is 6.92 Å². The predicted molar refractivity (Wildman–Crippen MR) is 39.3 cm³/mol. The number of methoxy groups -OCH3 is 1. The molecule has 0 aromatic carbocycles. The van der Waals surface area contributed by atoms with Gasteiger partial charge in [0.2, 0.25) is 0 Å². The Balaban J connectivity index is 2.92. The maximum Gasteiger partial charge on any atom is 0.293 e. The van der Waals surface area contributed by atoms with Crippen LogP contribution < -0.4 is 4.74 Å². The average Bonchev–Trinajstić information content (AvgIpc) is 2.30. The highest BCUT2D eigenvalue weighted by Crippen LogP contribution is 2.09. The van der Waals surface area contributed by atoms with Crippen LogP contribution in [-0.4, -0.2) is 17.1 Å². The van der Waals surface area contributed by atoms with Crippen LogP contribution >= 0.6 is 0 Å². The Hall–Kier alpha value is -0.990. The fourth-order valence-electron chi connectivity index (χ4n) is 0.908. The van der Waals surface area contributed by atoms with Gasteiger partial charge in [0, 0.05) is 5.69 Å². The molecule has 0 radical (unpaired) electrons. The third kappa shape index (κ3) is 1.12. The summed E-state index contributed by atoms with van der Waals surface area (Å²) in [6.07, 6.45) is 0.950. The second-order valence-electron chi connectivity index (χ2n) is 2.17. The topological polar surface area (TPSA) is 37.9 Å². The minimum atomic E-state index is 0.606. The van der Waals surface area contributed by atoms with Crippen molar-refractivity contribution in [1.29, 1.82) is 0 Å². The minimum Gasteiger partial charge on any atom is -0.468 e. The fourth-order valence-corrected chi connectivity index (χ4v) is 0.908. The molecule has 0 atom stereocenters. The summed E-state index contributed by atoms with van der Waals surface area (Å²) in [6, 6.07) is 0.606. The second kappa shape index (κ2) is 2.73.